The Labute approximate surface area is 470 Å². The van der Waals surface area contributed by atoms with E-state index in [1.54, 1.807) is 0 Å². The number of amides is 1. The lowest BCUT2D eigenvalue weighted by Gasteiger charge is -2.22. The second-order valence-electron chi connectivity index (χ2n) is 24.2. The molecule has 0 fully saturated rings. The van der Waals surface area contributed by atoms with E-state index in [-0.39, 0.29) is 18.5 Å². The number of aliphatic hydroxyl groups is 2. The maximum absolute atomic E-state index is 12.5. The molecule has 0 heterocycles. The Kier molecular flexibility index (Phi) is 64.4. The number of esters is 1. The quantitative estimate of drug-likeness (QED) is 0.0417. The van der Waals surface area contributed by atoms with Crippen LogP contribution >= 0.6 is 0 Å². The topological polar surface area (TPSA) is 95.9 Å². The van der Waals surface area contributed by atoms with Gasteiger partial charge >= 0.3 is 5.97 Å². The molecule has 6 nitrogen and oxygen atoms in total. The number of carbonyl (C=O) groups is 2. The van der Waals surface area contributed by atoms with E-state index in [4.69, 9.17) is 4.74 Å². The standard InChI is InChI=1S/C69H137NO5/c1-3-5-7-9-11-13-15-17-18-34-38-41-45-49-53-57-61-67(72)66(65-71)70-68(73)62-58-54-50-46-42-39-35-32-30-28-26-24-22-20-19-21-23-25-27-29-31-33-36-40-44-48-52-56-60-64-75-69(74)63-59-55-51-47-43-37-16-14-12-10-8-6-4-2/h66-67,71-72H,3-65H2,1-2H3,(H,70,73). The molecule has 0 rings (SSSR count). The van der Waals surface area contributed by atoms with Crippen molar-refractivity contribution in [2.75, 3.05) is 13.2 Å². The highest BCUT2D eigenvalue weighted by molar-refractivity contribution is 5.76. The van der Waals surface area contributed by atoms with Crippen LogP contribution < -0.4 is 5.32 Å². The van der Waals surface area contributed by atoms with Crippen molar-refractivity contribution in [1.82, 2.24) is 5.32 Å². The lowest BCUT2D eigenvalue weighted by atomic mass is 10.0. The van der Waals surface area contributed by atoms with Crippen LogP contribution in [0, 0.1) is 0 Å². The third-order valence-corrected chi connectivity index (χ3v) is 16.7. The van der Waals surface area contributed by atoms with E-state index in [9.17, 15) is 19.8 Å². The van der Waals surface area contributed by atoms with Gasteiger partial charge in [0.2, 0.25) is 5.91 Å². The highest BCUT2D eigenvalue weighted by Crippen LogP contribution is 2.19. The van der Waals surface area contributed by atoms with Crippen LogP contribution in [0.1, 0.15) is 406 Å². The van der Waals surface area contributed by atoms with Crippen molar-refractivity contribution in [2.45, 2.75) is 418 Å². The predicted octanol–water partition coefficient (Wildman–Crippen LogP) is 22.2. The van der Waals surface area contributed by atoms with E-state index in [0.29, 0.717) is 25.9 Å². The maximum atomic E-state index is 12.5. The molecule has 0 spiro atoms. The summed E-state index contributed by atoms with van der Waals surface area (Å²) in [7, 11) is 0. The summed E-state index contributed by atoms with van der Waals surface area (Å²) in [5.74, 6) is -0.00520. The molecule has 6 heteroatoms. The molecule has 1 amide bonds. The fraction of sp³-hybridized carbons (Fsp3) is 0.971. The molecular weight excluding hydrogens is 923 g/mol. The van der Waals surface area contributed by atoms with Crippen molar-refractivity contribution in [3.8, 4) is 0 Å². The van der Waals surface area contributed by atoms with Gasteiger partial charge in [-0.25, -0.2) is 0 Å². The van der Waals surface area contributed by atoms with E-state index in [0.717, 1.165) is 38.5 Å². The number of ether oxygens (including phenoxy) is 1. The van der Waals surface area contributed by atoms with Crippen molar-refractivity contribution in [3.05, 3.63) is 0 Å². The zero-order chi connectivity index (χ0) is 54.3. The van der Waals surface area contributed by atoms with Crippen LogP contribution in [-0.2, 0) is 14.3 Å². The average Bonchev–Trinajstić information content (AvgIpc) is 3.41. The number of unbranched alkanes of at least 4 members (excludes halogenated alkanes) is 55. The number of carbonyl (C=O) groups excluding carboxylic acids is 2. The first-order valence-electron chi connectivity index (χ1n) is 34.8. The van der Waals surface area contributed by atoms with Crippen molar-refractivity contribution >= 4 is 11.9 Å². The first-order valence-corrected chi connectivity index (χ1v) is 34.8. The summed E-state index contributed by atoms with van der Waals surface area (Å²) in [5, 5.41) is 23.3. The van der Waals surface area contributed by atoms with Gasteiger partial charge in [-0.15, -0.1) is 0 Å². The van der Waals surface area contributed by atoms with E-state index in [2.05, 4.69) is 19.2 Å². The van der Waals surface area contributed by atoms with Gasteiger partial charge in [-0.05, 0) is 25.7 Å². The second kappa shape index (κ2) is 65.4. The molecule has 0 aromatic rings. The Morgan fingerprint density at radius 3 is 0.813 bits per heavy atom. The van der Waals surface area contributed by atoms with E-state index >= 15 is 0 Å². The molecule has 0 saturated heterocycles. The maximum Gasteiger partial charge on any atom is 0.305 e. The van der Waals surface area contributed by atoms with Gasteiger partial charge in [0, 0.05) is 12.8 Å². The van der Waals surface area contributed by atoms with Crippen molar-refractivity contribution in [3.63, 3.8) is 0 Å². The van der Waals surface area contributed by atoms with Gasteiger partial charge in [-0.2, -0.15) is 0 Å². The number of hydrogen-bond donors (Lipinski definition) is 3. The second-order valence-corrected chi connectivity index (χ2v) is 24.2. The molecule has 0 aliphatic heterocycles. The molecule has 0 radical (unpaired) electrons. The monoisotopic (exact) mass is 1060 g/mol. The summed E-state index contributed by atoms with van der Waals surface area (Å²) in [6.45, 7) is 5.00. The van der Waals surface area contributed by atoms with Crippen molar-refractivity contribution in [1.29, 1.82) is 0 Å². The normalized spacial score (nSPS) is 12.4. The van der Waals surface area contributed by atoms with Gasteiger partial charge < -0.3 is 20.3 Å². The Hall–Kier alpha value is -1.14. The highest BCUT2D eigenvalue weighted by Gasteiger charge is 2.20. The molecule has 2 unspecified atom stereocenters. The van der Waals surface area contributed by atoms with Gasteiger partial charge in [0.05, 0.1) is 25.4 Å². The molecule has 0 bridgehead atoms. The first-order chi connectivity index (χ1) is 37.0. The third kappa shape index (κ3) is 61.9. The van der Waals surface area contributed by atoms with E-state index in [1.165, 1.54) is 334 Å². The number of rotatable bonds is 66. The minimum Gasteiger partial charge on any atom is -0.466 e. The minimum atomic E-state index is -0.660. The summed E-state index contributed by atoms with van der Waals surface area (Å²) in [4.78, 5) is 24.6. The summed E-state index contributed by atoms with van der Waals surface area (Å²) in [6, 6.07) is -0.537. The molecule has 0 aliphatic carbocycles. The van der Waals surface area contributed by atoms with Crippen molar-refractivity contribution in [2.24, 2.45) is 0 Å². The molecular formula is C69H137NO5. The zero-order valence-corrected chi connectivity index (χ0v) is 51.3. The number of aliphatic hydroxyl groups excluding tert-OH is 2. The molecule has 0 aliphatic rings. The predicted molar refractivity (Wildman–Crippen MR) is 329 cm³/mol. The Morgan fingerprint density at radius 1 is 0.320 bits per heavy atom. The Morgan fingerprint density at radius 2 is 0.547 bits per heavy atom. The SMILES string of the molecule is CCCCCCCCCCCCCCCCCCC(O)C(CO)NC(=O)CCCCCCCCCCCCCCCCCCCCCCCCCCCCCCCOC(=O)CCCCCCCCCCCCCCC. The number of nitrogens with one attached hydrogen (secondary N) is 1. The van der Waals surface area contributed by atoms with E-state index in [1.807, 2.05) is 0 Å². The molecule has 3 N–H and O–H groups in total. The molecule has 448 valence electrons. The van der Waals surface area contributed by atoms with Gasteiger partial charge in [-0.3, -0.25) is 9.59 Å². The van der Waals surface area contributed by atoms with Crippen LogP contribution in [0.4, 0.5) is 0 Å². The Balaban J connectivity index is 3.32. The van der Waals surface area contributed by atoms with Gasteiger partial charge in [0.25, 0.3) is 0 Å². The van der Waals surface area contributed by atoms with Gasteiger partial charge in [-0.1, -0.05) is 367 Å². The van der Waals surface area contributed by atoms with Gasteiger partial charge in [0.1, 0.15) is 0 Å². The van der Waals surface area contributed by atoms with Crippen LogP contribution in [0.2, 0.25) is 0 Å². The van der Waals surface area contributed by atoms with Crippen LogP contribution in [-0.4, -0.2) is 47.4 Å². The lowest BCUT2D eigenvalue weighted by Crippen LogP contribution is -2.45. The smallest absolute Gasteiger partial charge is 0.305 e. The van der Waals surface area contributed by atoms with Crippen LogP contribution in [0.3, 0.4) is 0 Å². The van der Waals surface area contributed by atoms with Crippen molar-refractivity contribution < 1.29 is 24.5 Å². The fourth-order valence-electron chi connectivity index (χ4n) is 11.4. The summed E-state index contributed by atoms with van der Waals surface area (Å²) in [5.41, 5.74) is 0. The number of hydrogen-bond acceptors (Lipinski definition) is 5. The molecule has 2 atom stereocenters. The van der Waals surface area contributed by atoms with Crippen LogP contribution in [0.15, 0.2) is 0 Å². The van der Waals surface area contributed by atoms with Gasteiger partial charge in [0.15, 0.2) is 0 Å². The summed E-state index contributed by atoms with van der Waals surface area (Å²) >= 11 is 0. The summed E-state index contributed by atoms with van der Waals surface area (Å²) in [6.07, 6.45) is 78.6. The van der Waals surface area contributed by atoms with E-state index < -0.39 is 12.1 Å². The summed E-state index contributed by atoms with van der Waals surface area (Å²) < 4.78 is 5.49. The largest absolute Gasteiger partial charge is 0.466 e. The van der Waals surface area contributed by atoms with Crippen LogP contribution in [0.25, 0.3) is 0 Å². The zero-order valence-electron chi connectivity index (χ0n) is 51.3. The minimum absolute atomic E-state index is 0.0221. The average molecular weight is 1060 g/mol. The molecule has 0 aromatic heterocycles. The Bertz CT molecular complexity index is 1080. The molecule has 0 saturated carbocycles. The third-order valence-electron chi connectivity index (χ3n) is 16.7. The van der Waals surface area contributed by atoms with Crippen LogP contribution in [0.5, 0.6) is 0 Å². The highest BCUT2D eigenvalue weighted by atomic mass is 16.5. The molecule has 75 heavy (non-hydrogen) atoms. The fourth-order valence-corrected chi connectivity index (χ4v) is 11.4. The lowest BCUT2D eigenvalue weighted by molar-refractivity contribution is -0.143. The molecule has 0 aromatic carbocycles. The first kappa shape index (κ1) is 73.9.